The van der Waals surface area contributed by atoms with Crippen molar-refractivity contribution in [3.63, 3.8) is 0 Å². The van der Waals surface area contributed by atoms with E-state index in [-0.39, 0.29) is 11.5 Å². The SMILES string of the molecule is C[C@@H](O)[C@H]1CC[C@H]2[C@@H]3CC[C@]4(C)CC(=O)CC[C@]4(C)[C@H]3CC[C@]12C. The van der Waals surface area contributed by atoms with Crippen LogP contribution in [0.3, 0.4) is 0 Å². The van der Waals surface area contributed by atoms with E-state index in [1.54, 1.807) is 0 Å². The third-order valence-electron chi connectivity index (χ3n) is 9.83. The van der Waals surface area contributed by atoms with Gasteiger partial charge in [-0.1, -0.05) is 20.8 Å². The average Bonchev–Trinajstić information content (AvgIpc) is 2.86. The Morgan fingerprint density at radius 2 is 1.75 bits per heavy atom. The van der Waals surface area contributed by atoms with Gasteiger partial charge in [-0.25, -0.2) is 0 Å². The number of hydrogen-bond donors (Lipinski definition) is 1. The van der Waals surface area contributed by atoms with Gasteiger partial charge in [-0.05, 0) is 91.8 Å². The Labute approximate surface area is 147 Å². The first-order chi connectivity index (χ1) is 11.2. The molecule has 0 bridgehead atoms. The second-order valence-corrected chi connectivity index (χ2v) is 10.6. The molecular formula is C22H36O2. The Kier molecular flexibility index (Phi) is 3.78. The molecule has 2 nitrogen and oxygen atoms in total. The highest BCUT2D eigenvalue weighted by molar-refractivity contribution is 5.80. The van der Waals surface area contributed by atoms with E-state index < -0.39 is 0 Å². The van der Waals surface area contributed by atoms with Crippen LogP contribution in [0, 0.1) is 39.9 Å². The summed E-state index contributed by atoms with van der Waals surface area (Å²) in [5.74, 6) is 3.44. The van der Waals surface area contributed by atoms with Gasteiger partial charge in [-0.2, -0.15) is 0 Å². The summed E-state index contributed by atoms with van der Waals surface area (Å²) in [6, 6.07) is 0. The summed E-state index contributed by atoms with van der Waals surface area (Å²) in [5, 5.41) is 10.3. The monoisotopic (exact) mass is 332 g/mol. The lowest BCUT2D eigenvalue weighted by molar-refractivity contribution is -0.165. The van der Waals surface area contributed by atoms with Gasteiger partial charge in [0, 0.05) is 12.8 Å². The molecule has 0 radical (unpaired) electrons. The molecule has 0 aromatic carbocycles. The molecule has 0 unspecified atom stereocenters. The van der Waals surface area contributed by atoms with Crippen molar-refractivity contribution in [2.45, 2.75) is 91.6 Å². The second-order valence-electron chi connectivity index (χ2n) is 10.6. The average molecular weight is 333 g/mol. The van der Waals surface area contributed by atoms with Gasteiger partial charge in [0.25, 0.3) is 0 Å². The van der Waals surface area contributed by atoms with Crippen molar-refractivity contribution in [3.8, 4) is 0 Å². The molecule has 0 saturated heterocycles. The lowest BCUT2D eigenvalue weighted by atomic mass is 9.40. The molecular weight excluding hydrogens is 296 g/mol. The van der Waals surface area contributed by atoms with Gasteiger partial charge in [0.2, 0.25) is 0 Å². The summed E-state index contributed by atoms with van der Waals surface area (Å²) in [4.78, 5) is 12.1. The summed E-state index contributed by atoms with van der Waals surface area (Å²) in [6.07, 6.45) is 10.3. The van der Waals surface area contributed by atoms with Crippen molar-refractivity contribution >= 4 is 5.78 Å². The molecule has 0 aromatic rings. The lowest BCUT2D eigenvalue weighted by Gasteiger charge is -2.64. The van der Waals surface area contributed by atoms with Gasteiger partial charge in [-0.3, -0.25) is 4.79 Å². The second kappa shape index (κ2) is 5.32. The predicted octanol–water partition coefficient (Wildman–Crippen LogP) is 4.99. The largest absolute Gasteiger partial charge is 0.393 e. The summed E-state index contributed by atoms with van der Waals surface area (Å²) in [7, 11) is 0. The molecule has 0 aliphatic heterocycles. The molecule has 0 spiro atoms. The summed E-state index contributed by atoms with van der Waals surface area (Å²) < 4.78 is 0. The fourth-order valence-corrected chi connectivity index (χ4v) is 8.23. The third-order valence-corrected chi connectivity index (χ3v) is 9.83. The maximum absolute atomic E-state index is 12.1. The Bertz CT molecular complexity index is 540. The van der Waals surface area contributed by atoms with Gasteiger partial charge >= 0.3 is 0 Å². The minimum absolute atomic E-state index is 0.159. The van der Waals surface area contributed by atoms with Gasteiger partial charge in [0.15, 0.2) is 0 Å². The van der Waals surface area contributed by atoms with Crippen molar-refractivity contribution in [1.29, 1.82) is 0 Å². The van der Waals surface area contributed by atoms with E-state index in [0.717, 1.165) is 37.0 Å². The van der Waals surface area contributed by atoms with Crippen molar-refractivity contribution in [2.24, 2.45) is 39.9 Å². The minimum Gasteiger partial charge on any atom is -0.393 e. The highest BCUT2D eigenvalue weighted by Crippen LogP contribution is 2.70. The van der Waals surface area contributed by atoms with Crippen molar-refractivity contribution in [2.75, 3.05) is 0 Å². The van der Waals surface area contributed by atoms with Crippen molar-refractivity contribution in [1.82, 2.24) is 0 Å². The molecule has 136 valence electrons. The lowest BCUT2D eigenvalue weighted by Crippen LogP contribution is -2.58. The van der Waals surface area contributed by atoms with Crippen molar-refractivity contribution in [3.05, 3.63) is 0 Å². The van der Waals surface area contributed by atoms with Crippen LogP contribution >= 0.6 is 0 Å². The van der Waals surface area contributed by atoms with Crippen LogP contribution in [0.4, 0.5) is 0 Å². The number of Topliss-reactive ketones (excluding diaryl/α,β-unsaturated/α-hetero) is 1. The van der Waals surface area contributed by atoms with Gasteiger partial charge < -0.3 is 5.11 Å². The third kappa shape index (κ3) is 2.07. The summed E-state index contributed by atoms with van der Waals surface area (Å²) >= 11 is 0. The Hall–Kier alpha value is -0.370. The van der Waals surface area contributed by atoms with Crippen LogP contribution in [0.2, 0.25) is 0 Å². The summed E-state index contributed by atoms with van der Waals surface area (Å²) in [6.45, 7) is 9.44. The van der Waals surface area contributed by atoms with Crippen LogP contribution < -0.4 is 0 Å². The molecule has 1 N–H and O–H groups in total. The fraction of sp³-hybridized carbons (Fsp3) is 0.955. The molecule has 8 atom stereocenters. The van der Waals surface area contributed by atoms with E-state index in [0.29, 0.717) is 22.5 Å². The molecule has 4 fully saturated rings. The Morgan fingerprint density at radius 1 is 1.00 bits per heavy atom. The zero-order chi connectivity index (χ0) is 17.3. The highest BCUT2D eigenvalue weighted by atomic mass is 16.3. The maximum Gasteiger partial charge on any atom is 0.133 e. The quantitative estimate of drug-likeness (QED) is 0.735. The van der Waals surface area contributed by atoms with Gasteiger partial charge in [0.1, 0.15) is 5.78 Å². The van der Waals surface area contributed by atoms with Gasteiger partial charge in [-0.15, -0.1) is 0 Å². The number of fused-ring (bicyclic) bond motifs is 5. The molecule has 4 rings (SSSR count). The van der Waals surface area contributed by atoms with E-state index in [1.807, 2.05) is 6.92 Å². The van der Waals surface area contributed by atoms with Crippen LogP contribution in [-0.2, 0) is 4.79 Å². The zero-order valence-electron chi connectivity index (χ0n) is 16.1. The smallest absolute Gasteiger partial charge is 0.133 e. The number of rotatable bonds is 1. The van der Waals surface area contributed by atoms with E-state index in [9.17, 15) is 9.90 Å². The van der Waals surface area contributed by atoms with Crippen LogP contribution in [-0.4, -0.2) is 17.0 Å². The Morgan fingerprint density at radius 3 is 2.46 bits per heavy atom. The normalized spacial score (nSPS) is 55.5. The number of aliphatic hydroxyl groups is 1. The first-order valence-corrected chi connectivity index (χ1v) is 10.4. The number of carbonyl (C=O) groups is 1. The number of hydrogen-bond acceptors (Lipinski definition) is 2. The summed E-state index contributed by atoms with van der Waals surface area (Å²) in [5.41, 5.74) is 0.942. The number of ketones is 1. The van der Waals surface area contributed by atoms with Crippen LogP contribution in [0.15, 0.2) is 0 Å². The molecule has 4 aliphatic carbocycles. The van der Waals surface area contributed by atoms with Gasteiger partial charge in [0.05, 0.1) is 6.10 Å². The molecule has 24 heavy (non-hydrogen) atoms. The molecule has 4 aliphatic rings. The molecule has 0 aromatic heterocycles. The van der Waals surface area contributed by atoms with E-state index in [2.05, 4.69) is 20.8 Å². The van der Waals surface area contributed by atoms with Crippen LogP contribution in [0.5, 0.6) is 0 Å². The molecule has 0 heterocycles. The fourth-order valence-electron chi connectivity index (χ4n) is 8.23. The van der Waals surface area contributed by atoms with Crippen LogP contribution in [0.1, 0.15) is 85.5 Å². The molecule has 2 heteroatoms. The standard InChI is InChI=1S/C22H36O2/c1-14(23)17-5-6-18-16-8-10-20(2)13-15(24)7-12-22(20,4)19(16)9-11-21(17,18)3/h14,16-19,23H,5-13H2,1-4H3/t14-,16+,17-,18+,19+,20-,21-,22-/m1/s1. The highest BCUT2D eigenvalue weighted by Gasteiger charge is 2.63. The minimum atomic E-state index is -0.159. The molecule has 0 amide bonds. The van der Waals surface area contributed by atoms with E-state index in [4.69, 9.17) is 0 Å². The Balaban J connectivity index is 1.65. The van der Waals surface area contributed by atoms with Crippen LogP contribution in [0.25, 0.3) is 0 Å². The number of carbonyl (C=O) groups excluding carboxylic acids is 1. The predicted molar refractivity (Wildman–Crippen MR) is 96.5 cm³/mol. The maximum atomic E-state index is 12.1. The zero-order valence-corrected chi connectivity index (χ0v) is 16.1. The topological polar surface area (TPSA) is 37.3 Å². The first kappa shape index (κ1) is 17.1. The molecule has 4 saturated carbocycles. The first-order valence-electron chi connectivity index (χ1n) is 10.4. The van der Waals surface area contributed by atoms with E-state index in [1.165, 1.54) is 38.5 Å². The van der Waals surface area contributed by atoms with Crippen molar-refractivity contribution < 1.29 is 9.90 Å². The van der Waals surface area contributed by atoms with E-state index >= 15 is 0 Å². The number of aliphatic hydroxyl groups excluding tert-OH is 1.